The zero-order valence-electron chi connectivity index (χ0n) is 18.0. The Bertz CT molecular complexity index is 979. The van der Waals surface area contributed by atoms with Crippen molar-refractivity contribution in [1.29, 1.82) is 0 Å². The van der Waals surface area contributed by atoms with Crippen molar-refractivity contribution in [2.24, 2.45) is 5.10 Å². The highest BCUT2D eigenvalue weighted by atomic mass is 35.5. The molecule has 31 heavy (non-hydrogen) atoms. The van der Waals surface area contributed by atoms with E-state index in [1.54, 1.807) is 20.2 Å². The number of rotatable bonds is 7. The lowest BCUT2D eigenvalue weighted by Crippen LogP contribution is -2.43. The highest BCUT2D eigenvalue weighted by Crippen LogP contribution is 2.38. The summed E-state index contributed by atoms with van der Waals surface area (Å²) in [4.78, 5) is 26.8. The normalized spacial score (nSPS) is 15.4. The predicted molar refractivity (Wildman–Crippen MR) is 122 cm³/mol. The lowest BCUT2D eigenvalue weighted by atomic mass is 9.97. The third-order valence-corrected chi connectivity index (χ3v) is 5.42. The average molecular weight is 443 g/mol. The van der Waals surface area contributed by atoms with E-state index in [0.29, 0.717) is 29.4 Å². The van der Waals surface area contributed by atoms with Crippen molar-refractivity contribution >= 4 is 29.3 Å². The maximum absolute atomic E-state index is 13.2. The second kappa shape index (κ2) is 10.3. The van der Waals surface area contributed by atoms with Gasteiger partial charge < -0.3 is 15.0 Å². The Labute approximate surface area is 187 Å². The molecular weight excluding hydrogens is 416 g/mol. The summed E-state index contributed by atoms with van der Waals surface area (Å²) in [6.45, 7) is 2.43. The predicted octanol–water partition coefficient (Wildman–Crippen LogP) is 4.08. The Kier molecular flexibility index (Phi) is 7.52. The summed E-state index contributed by atoms with van der Waals surface area (Å²) in [5, 5.41) is 9.42. The standard InChI is InChI=1S/C23H27ClN4O3/c1-4-13-25-23(30)27(2)15-22(29)28-20(17-10-6-8-12-21(17)31-3)14-19(26-28)16-9-5-7-11-18(16)24/h5-12,20H,4,13-15H2,1-3H3,(H,25,30). The van der Waals surface area contributed by atoms with Crippen molar-refractivity contribution in [3.63, 3.8) is 0 Å². The van der Waals surface area contributed by atoms with Gasteiger partial charge in [-0.2, -0.15) is 5.10 Å². The Morgan fingerprint density at radius 3 is 2.65 bits per heavy atom. The van der Waals surface area contributed by atoms with Crippen LogP contribution >= 0.6 is 11.6 Å². The van der Waals surface area contributed by atoms with Crippen LogP contribution in [-0.4, -0.2) is 54.8 Å². The number of hydrogen-bond acceptors (Lipinski definition) is 4. The molecule has 0 bridgehead atoms. The number of amides is 3. The Hall–Kier alpha value is -3.06. The number of carbonyl (C=O) groups excluding carboxylic acids is 2. The molecule has 1 unspecified atom stereocenters. The minimum atomic E-state index is -0.359. The van der Waals surface area contributed by atoms with Gasteiger partial charge in [0, 0.05) is 36.2 Å². The Balaban J connectivity index is 1.90. The monoisotopic (exact) mass is 442 g/mol. The van der Waals surface area contributed by atoms with E-state index < -0.39 is 0 Å². The van der Waals surface area contributed by atoms with Gasteiger partial charge in [-0.25, -0.2) is 9.80 Å². The van der Waals surface area contributed by atoms with E-state index in [0.717, 1.165) is 17.5 Å². The first-order valence-electron chi connectivity index (χ1n) is 10.2. The zero-order chi connectivity index (χ0) is 22.4. The smallest absolute Gasteiger partial charge is 0.317 e. The number of halogens is 1. The first kappa shape index (κ1) is 22.6. The van der Waals surface area contributed by atoms with Crippen molar-refractivity contribution in [1.82, 2.24) is 15.2 Å². The molecule has 1 aliphatic rings. The fraction of sp³-hybridized carbons (Fsp3) is 0.348. The lowest BCUT2D eigenvalue weighted by molar-refractivity contribution is -0.133. The van der Waals surface area contributed by atoms with Gasteiger partial charge >= 0.3 is 6.03 Å². The van der Waals surface area contributed by atoms with Gasteiger partial charge in [0.05, 0.1) is 18.9 Å². The van der Waals surface area contributed by atoms with Gasteiger partial charge in [-0.15, -0.1) is 0 Å². The van der Waals surface area contributed by atoms with Crippen LogP contribution < -0.4 is 10.1 Å². The quantitative estimate of drug-likeness (QED) is 0.702. The molecule has 0 aliphatic carbocycles. The van der Waals surface area contributed by atoms with Crippen molar-refractivity contribution in [3.8, 4) is 5.75 Å². The fourth-order valence-corrected chi connectivity index (χ4v) is 3.74. The first-order chi connectivity index (χ1) is 15.0. The van der Waals surface area contributed by atoms with Gasteiger partial charge in [0.15, 0.2) is 0 Å². The topological polar surface area (TPSA) is 74.2 Å². The summed E-state index contributed by atoms with van der Waals surface area (Å²) in [5.41, 5.74) is 2.35. The molecule has 7 nitrogen and oxygen atoms in total. The number of urea groups is 1. The van der Waals surface area contributed by atoms with E-state index in [2.05, 4.69) is 10.4 Å². The Morgan fingerprint density at radius 2 is 1.94 bits per heavy atom. The van der Waals surface area contributed by atoms with Gasteiger partial charge in [0.25, 0.3) is 5.91 Å². The molecule has 0 radical (unpaired) electrons. The number of nitrogens with zero attached hydrogens (tertiary/aromatic N) is 3. The van der Waals surface area contributed by atoms with Crippen LogP contribution in [-0.2, 0) is 4.79 Å². The lowest BCUT2D eigenvalue weighted by Gasteiger charge is -2.26. The van der Waals surface area contributed by atoms with Crippen LogP contribution in [0.25, 0.3) is 0 Å². The molecule has 164 valence electrons. The summed E-state index contributed by atoms with van der Waals surface area (Å²) in [6.07, 6.45) is 1.31. The van der Waals surface area contributed by atoms with Crippen LogP contribution in [0, 0.1) is 0 Å². The molecule has 8 heteroatoms. The van der Waals surface area contributed by atoms with E-state index in [1.165, 1.54) is 9.91 Å². The van der Waals surface area contributed by atoms with E-state index in [9.17, 15) is 9.59 Å². The average Bonchev–Trinajstić information content (AvgIpc) is 3.22. The van der Waals surface area contributed by atoms with Gasteiger partial charge in [0.2, 0.25) is 0 Å². The number of nitrogens with one attached hydrogen (secondary N) is 1. The van der Waals surface area contributed by atoms with Gasteiger partial charge in [-0.3, -0.25) is 4.79 Å². The maximum Gasteiger partial charge on any atom is 0.317 e. The van der Waals surface area contributed by atoms with Crippen molar-refractivity contribution in [2.45, 2.75) is 25.8 Å². The number of methoxy groups -OCH3 is 1. The van der Waals surface area contributed by atoms with Crippen molar-refractivity contribution in [3.05, 3.63) is 64.7 Å². The Morgan fingerprint density at radius 1 is 1.23 bits per heavy atom. The highest BCUT2D eigenvalue weighted by molar-refractivity contribution is 6.34. The van der Waals surface area contributed by atoms with E-state index in [-0.39, 0.29) is 24.5 Å². The van der Waals surface area contributed by atoms with Gasteiger partial charge in [-0.05, 0) is 18.6 Å². The van der Waals surface area contributed by atoms with Crippen LogP contribution in [0.4, 0.5) is 4.79 Å². The summed E-state index contributed by atoms with van der Waals surface area (Å²) < 4.78 is 5.52. The van der Waals surface area contributed by atoms with E-state index in [4.69, 9.17) is 16.3 Å². The third kappa shape index (κ3) is 5.17. The number of hydrazone groups is 1. The highest BCUT2D eigenvalue weighted by Gasteiger charge is 2.35. The molecule has 0 saturated carbocycles. The van der Waals surface area contributed by atoms with E-state index in [1.807, 2.05) is 49.4 Å². The number of hydrogen-bond donors (Lipinski definition) is 1. The third-order valence-electron chi connectivity index (χ3n) is 5.09. The van der Waals surface area contributed by atoms with Crippen LogP contribution in [0.15, 0.2) is 53.6 Å². The van der Waals surface area contributed by atoms with E-state index >= 15 is 0 Å². The molecule has 0 aromatic heterocycles. The maximum atomic E-state index is 13.2. The molecule has 2 aromatic rings. The molecule has 1 aliphatic heterocycles. The first-order valence-corrected chi connectivity index (χ1v) is 10.6. The summed E-state index contributed by atoms with van der Waals surface area (Å²) in [7, 11) is 3.19. The second-order valence-corrected chi connectivity index (χ2v) is 7.72. The van der Waals surface area contributed by atoms with Crippen molar-refractivity contribution < 1.29 is 14.3 Å². The summed E-state index contributed by atoms with van der Waals surface area (Å²) in [5.74, 6) is 0.391. The fourth-order valence-electron chi connectivity index (χ4n) is 3.50. The number of carbonyl (C=O) groups is 2. The van der Waals surface area contributed by atoms with Gasteiger partial charge in [0.1, 0.15) is 12.3 Å². The SMILES string of the molecule is CCCNC(=O)N(C)CC(=O)N1N=C(c2ccccc2Cl)CC1c1ccccc1OC. The number of benzene rings is 2. The van der Waals surface area contributed by atoms with Crippen LogP contribution in [0.5, 0.6) is 5.75 Å². The number of para-hydroxylation sites is 1. The largest absolute Gasteiger partial charge is 0.496 e. The van der Waals surface area contributed by atoms with Crippen LogP contribution in [0.3, 0.4) is 0 Å². The minimum absolute atomic E-state index is 0.0967. The second-order valence-electron chi connectivity index (χ2n) is 7.31. The molecule has 0 fully saturated rings. The molecule has 3 amide bonds. The molecule has 3 rings (SSSR count). The number of ether oxygens (including phenoxy) is 1. The molecular formula is C23H27ClN4O3. The molecule has 0 spiro atoms. The van der Waals surface area contributed by atoms with Crippen molar-refractivity contribution in [2.75, 3.05) is 27.2 Å². The number of likely N-dealkylation sites (N-methyl/N-ethyl adjacent to an activating group) is 1. The minimum Gasteiger partial charge on any atom is -0.496 e. The molecule has 1 heterocycles. The molecule has 1 atom stereocenters. The zero-order valence-corrected chi connectivity index (χ0v) is 18.7. The summed E-state index contributed by atoms with van der Waals surface area (Å²) in [6, 6.07) is 14.3. The van der Waals surface area contributed by atoms with Crippen LogP contribution in [0.2, 0.25) is 5.02 Å². The van der Waals surface area contributed by atoms with Crippen LogP contribution in [0.1, 0.15) is 36.9 Å². The molecule has 0 saturated heterocycles. The van der Waals surface area contributed by atoms with Gasteiger partial charge in [-0.1, -0.05) is 54.9 Å². The molecule has 1 N–H and O–H groups in total. The summed E-state index contributed by atoms with van der Waals surface area (Å²) >= 11 is 6.39. The molecule has 2 aromatic carbocycles.